The van der Waals surface area contributed by atoms with E-state index in [1.54, 1.807) is 0 Å². The Labute approximate surface area is 446 Å². The van der Waals surface area contributed by atoms with E-state index in [1.165, 1.54) is 20.8 Å². The highest BCUT2D eigenvalue weighted by atomic mass is 16.8. The molecule has 4 saturated carbocycles. The molecule has 438 valence electrons. The number of ether oxygens (including phenoxy) is 8. The second-order valence-corrected chi connectivity index (χ2v) is 25.8. The molecule has 13 N–H and O–H groups in total. The zero-order valence-electron chi connectivity index (χ0n) is 44.8. The lowest BCUT2D eigenvalue weighted by atomic mass is 9.33. The van der Waals surface area contributed by atoms with Crippen molar-refractivity contribution < 1.29 is 119 Å². The first-order valence-electron chi connectivity index (χ1n) is 27.2. The van der Waals surface area contributed by atoms with Crippen LogP contribution in [0.25, 0.3) is 0 Å². The average molecular weight is 1100 g/mol. The molecule has 0 unspecified atom stereocenters. The molecule has 0 amide bonds. The number of carboxylic acids is 2. The second kappa shape index (κ2) is 20.7. The number of fused-ring (bicyclic) bond motifs is 7. The van der Waals surface area contributed by atoms with Gasteiger partial charge in [-0.25, -0.2) is 4.79 Å². The van der Waals surface area contributed by atoms with Gasteiger partial charge in [0.05, 0.1) is 35.7 Å². The standard InChI is InChI=1S/C53H82O24/c1-20-28(56)31(59)39(75-43-36(64)33(61)37(21(2)72-43)73-42-34(62)29(57)25(55)19-70-42)45(71-20)77-47(69)53-15-13-48(3,4)17-23(53)22-9-10-26-49(5)18-24(54)40(76-44-35(63)30(58)32(60)38(74-44)41(65)66)52(8,46(67)68)27(49)11-12-51(26,7)50(22,6)14-16-53/h9,20-21,23-40,42-45,54-64H,10-19H2,1-8H3,(H,65,66)(H,67,68)/t20-,21+,23+,24+,25-,26-,27-,28+,29+,30+,31+,32+,33+,34-,35-,36-,37+,38+,39-,40+,42+,43+,44+,45+,49-,50-,51-,52+,53+/m0/s1. The number of aliphatic carboxylic acids is 2. The molecule has 9 aliphatic rings. The van der Waals surface area contributed by atoms with Gasteiger partial charge in [-0.15, -0.1) is 0 Å². The molecule has 0 bridgehead atoms. The lowest BCUT2D eigenvalue weighted by Gasteiger charge is -2.71. The van der Waals surface area contributed by atoms with E-state index in [0.29, 0.717) is 51.4 Å². The first kappa shape index (κ1) is 59.1. The predicted octanol–water partition coefficient (Wildman–Crippen LogP) is -1.21. The molecule has 9 rings (SSSR count). The summed E-state index contributed by atoms with van der Waals surface area (Å²) in [6.45, 7) is 14.8. The highest BCUT2D eigenvalue weighted by Gasteiger charge is 2.73. The van der Waals surface area contributed by atoms with Crippen molar-refractivity contribution in [3.63, 3.8) is 0 Å². The summed E-state index contributed by atoms with van der Waals surface area (Å²) in [5, 5.41) is 141. The molecule has 24 heteroatoms. The van der Waals surface area contributed by atoms with Crippen LogP contribution in [0, 0.1) is 50.2 Å². The number of rotatable bonds is 10. The first-order valence-corrected chi connectivity index (χ1v) is 27.2. The molecule has 29 atom stereocenters. The fourth-order valence-electron chi connectivity index (χ4n) is 16.2. The van der Waals surface area contributed by atoms with E-state index in [-0.39, 0.29) is 30.3 Å². The monoisotopic (exact) mass is 1100 g/mol. The van der Waals surface area contributed by atoms with Gasteiger partial charge < -0.3 is 104 Å². The fourth-order valence-corrected chi connectivity index (χ4v) is 16.2. The smallest absolute Gasteiger partial charge is 0.335 e. The number of carboxylic acid groups (broad SMARTS) is 2. The summed E-state index contributed by atoms with van der Waals surface area (Å²) in [5.41, 5.74) is -4.03. The summed E-state index contributed by atoms with van der Waals surface area (Å²) < 4.78 is 47.1. The summed E-state index contributed by atoms with van der Waals surface area (Å²) in [4.78, 5) is 41.0. The van der Waals surface area contributed by atoms with Crippen LogP contribution in [-0.4, -0.2) is 220 Å². The Balaban J connectivity index is 0.966. The highest BCUT2D eigenvalue weighted by Crippen LogP contribution is 2.76. The van der Waals surface area contributed by atoms with Crippen molar-refractivity contribution in [1.82, 2.24) is 0 Å². The van der Waals surface area contributed by atoms with Crippen LogP contribution in [0.4, 0.5) is 0 Å². The molecule has 4 aliphatic heterocycles. The van der Waals surface area contributed by atoms with Gasteiger partial charge in [0.2, 0.25) is 6.29 Å². The van der Waals surface area contributed by atoms with Gasteiger partial charge in [0.25, 0.3) is 0 Å². The van der Waals surface area contributed by atoms with Gasteiger partial charge in [-0.05, 0) is 118 Å². The third-order valence-corrected chi connectivity index (χ3v) is 21.0. The number of esters is 1. The minimum atomic E-state index is -2.01. The molecule has 4 heterocycles. The normalized spacial score (nSPS) is 54.6. The van der Waals surface area contributed by atoms with E-state index in [9.17, 15) is 76.0 Å². The lowest BCUT2D eigenvalue weighted by molar-refractivity contribution is -0.373. The number of hydrogen-bond donors (Lipinski definition) is 13. The van der Waals surface area contributed by atoms with E-state index in [4.69, 9.17) is 37.9 Å². The summed E-state index contributed by atoms with van der Waals surface area (Å²) in [7, 11) is 0. The van der Waals surface area contributed by atoms with E-state index < -0.39 is 180 Å². The predicted molar refractivity (Wildman–Crippen MR) is 258 cm³/mol. The van der Waals surface area contributed by atoms with Gasteiger partial charge in [-0.3, -0.25) is 9.59 Å². The van der Waals surface area contributed by atoms with Gasteiger partial charge in [0, 0.05) is 0 Å². The minimum Gasteiger partial charge on any atom is -0.481 e. The maximum absolute atomic E-state index is 15.4. The largest absolute Gasteiger partial charge is 0.481 e. The first-order chi connectivity index (χ1) is 35.8. The Bertz CT molecular complexity index is 2250. The summed E-state index contributed by atoms with van der Waals surface area (Å²) in [6.07, 6.45) is -28.5. The van der Waals surface area contributed by atoms with E-state index in [1.807, 2.05) is 6.92 Å². The number of carbonyl (C=O) groups excluding carboxylic acids is 1. The van der Waals surface area contributed by atoms with Crippen LogP contribution in [0.5, 0.6) is 0 Å². The molecule has 0 aromatic carbocycles. The number of allylic oxidation sites excluding steroid dienone is 2. The van der Waals surface area contributed by atoms with Gasteiger partial charge >= 0.3 is 17.9 Å². The fraction of sp³-hybridized carbons (Fsp3) is 0.906. The van der Waals surface area contributed by atoms with Crippen LogP contribution >= 0.6 is 0 Å². The van der Waals surface area contributed by atoms with Crippen molar-refractivity contribution in [1.29, 1.82) is 0 Å². The molecule has 4 saturated heterocycles. The van der Waals surface area contributed by atoms with Crippen LogP contribution < -0.4 is 0 Å². The topological polar surface area (TPSA) is 388 Å². The third kappa shape index (κ3) is 9.33. The van der Waals surface area contributed by atoms with Crippen molar-refractivity contribution in [3.05, 3.63) is 11.6 Å². The number of hydrogen-bond acceptors (Lipinski definition) is 22. The molecule has 24 nitrogen and oxygen atoms in total. The van der Waals surface area contributed by atoms with Crippen molar-refractivity contribution in [2.24, 2.45) is 50.2 Å². The van der Waals surface area contributed by atoms with Gasteiger partial charge in [0.15, 0.2) is 31.1 Å². The van der Waals surface area contributed by atoms with Gasteiger partial charge in [0.1, 0.15) is 73.2 Å². The summed E-state index contributed by atoms with van der Waals surface area (Å²) in [6, 6.07) is 0. The van der Waals surface area contributed by atoms with E-state index in [2.05, 4.69) is 33.8 Å². The van der Waals surface area contributed by atoms with Crippen LogP contribution in [0.2, 0.25) is 0 Å². The maximum atomic E-state index is 15.4. The molecule has 0 spiro atoms. The van der Waals surface area contributed by atoms with E-state index in [0.717, 1.165) is 5.57 Å². The van der Waals surface area contributed by atoms with Crippen molar-refractivity contribution in [2.45, 2.75) is 242 Å². The molecular formula is C53H82O24. The molecular weight excluding hydrogens is 1020 g/mol. The zero-order chi connectivity index (χ0) is 56.6. The Hall–Kier alpha value is -2.57. The molecule has 77 heavy (non-hydrogen) atoms. The van der Waals surface area contributed by atoms with Crippen LogP contribution in [0.15, 0.2) is 11.6 Å². The number of aliphatic hydroxyl groups excluding tert-OH is 11. The lowest BCUT2D eigenvalue weighted by Crippen LogP contribution is -2.70. The second-order valence-electron chi connectivity index (χ2n) is 25.8. The molecule has 8 fully saturated rings. The highest BCUT2D eigenvalue weighted by molar-refractivity contribution is 5.79. The van der Waals surface area contributed by atoms with Crippen molar-refractivity contribution in [3.8, 4) is 0 Å². The molecule has 5 aliphatic carbocycles. The van der Waals surface area contributed by atoms with Crippen molar-refractivity contribution in [2.75, 3.05) is 6.61 Å². The van der Waals surface area contributed by atoms with Crippen LogP contribution in [-0.2, 0) is 52.3 Å². The van der Waals surface area contributed by atoms with Gasteiger partial charge in [-0.1, -0.05) is 46.3 Å². The Kier molecular flexibility index (Phi) is 15.9. The van der Waals surface area contributed by atoms with Crippen LogP contribution in [0.3, 0.4) is 0 Å². The third-order valence-electron chi connectivity index (χ3n) is 21.0. The number of carbonyl (C=O) groups is 3. The average Bonchev–Trinajstić information content (AvgIpc) is 3.55. The van der Waals surface area contributed by atoms with Crippen LogP contribution in [0.1, 0.15) is 113 Å². The molecule has 0 aromatic heterocycles. The Morgan fingerprint density at radius 3 is 1.84 bits per heavy atom. The maximum Gasteiger partial charge on any atom is 0.335 e. The minimum absolute atomic E-state index is 0.0584. The Morgan fingerprint density at radius 1 is 0.584 bits per heavy atom. The van der Waals surface area contributed by atoms with Gasteiger partial charge in [-0.2, -0.15) is 0 Å². The Morgan fingerprint density at radius 2 is 1.18 bits per heavy atom. The number of aliphatic hydroxyl groups is 11. The molecule has 0 radical (unpaired) electrons. The summed E-state index contributed by atoms with van der Waals surface area (Å²) >= 11 is 0. The SMILES string of the molecule is C[C@@H]1O[C@H](OC(=O)[C@@]23CCC(C)(C)C[C@@H]2C2=CC[C@H]4[C@]5(C)C[C@@H](O)[C@@H](O[C@H]6O[C@@H](C(=O)O)[C@H](O)[C@@H](O)[C@@H]6O)[C@](C)(C(=O)O)[C@H]5CC[C@]4(C)[C@@]2(C)CC3)[C@@H](O[C@H]2O[C@H](C)[C@@H](O[C@H]3OC[C@H](O)[C@@H](O)[C@@H]3O)[C@H](O)[C@@H]2O)[C@H](O)[C@@H]1O. The zero-order valence-corrected chi connectivity index (χ0v) is 44.8. The summed E-state index contributed by atoms with van der Waals surface area (Å²) in [5.74, 6) is -4.76. The van der Waals surface area contributed by atoms with E-state index >= 15 is 4.79 Å². The van der Waals surface area contributed by atoms with Crippen molar-refractivity contribution >= 4 is 17.9 Å². The molecule has 0 aromatic rings. The quantitative estimate of drug-likeness (QED) is 0.0693.